The second-order valence-electron chi connectivity index (χ2n) is 10.9. The Balaban J connectivity index is 1.36. The van der Waals surface area contributed by atoms with Crippen LogP contribution in [0.2, 0.25) is 0 Å². The van der Waals surface area contributed by atoms with E-state index in [2.05, 4.69) is 30.4 Å². The maximum absolute atomic E-state index is 15.4. The van der Waals surface area contributed by atoms with Crippen LogP contribution in [0.1, 0.15) is 41.8 Å². The summed E-state index contributed by atoms with van der Waals surface area (Å²) in [5, 5.41) is 12.3. The van der Waals surface area contributed by atoms with E-state index < -0.39 is 17.7 Å². The van der Waals surface area contributed by atoms with Gasteiger partial charge in [0.15, 0.2) is 5.65 Å². The highest BCUT2D eigenvalue weighted by Gasteiger charge is 2.28. The fourth-order valence-corrected chi connectivity index (χ4v) is 5.46. The number of nitrogens with zero attached hydrogens (tertiary/aromatic N) is 4. The molecule has 2 N–H and O–H groups in total. The minimum Gasteiger partial charge on any atom is -0.481 e. The molecule has 0 radical (unpaired) electrons. The van der Waals surface area contributed by atoms with Gasteiger partial charge in [-0.25, -0.2) is 9.37 Å². The number of carboxylic acid groups (broad SMARTS) is 1. The molecule has 2 aromatic heterocycles. The summed E-state index contributed by atoms with van der Waals surface area (Å²) in [6, 6.07) is 14.9. The molecule has 0 saturated carbocycles. The molecule has 0 spiro atoms. The predicted octanol–water partition coefficient (Wildman–Crippen LogP) is 5.51. The van der Waals surface area contributed by atoms with Gasteiger partial charge in [0.1, 0.15) is 5.82 Å². The standard InChI is InChI=1S/C33H36FN5O3/c1-5-21(2)26-9-7-6-8-22(26)12-14-35-32(40)24-16-30(37(3)4)31-36-29(20-39(31)19-24)27-11-10-25(17-28(27)34)38-15-13-23(18-38)33(41)42/h5-11,16-17,19-20,23H,12-15,18H2,1-4H3,(H,35,40)(H,41,42)/b21-5-/t23-/m0/s1. The van der Waals surface area contributed by atoms with Gasteiger partial charge < -0.3 is 24.6 Å². The molecule has 1 atom stereocenters. The van der Waals surface area contributed by atoms with Crippen LogP contribution in [0.15, 0.2) is 67.0 Å². The number of allylic oxidation sites excluding steroid dienone is 2. The number of benzene rings is 2. The molecule has 1 saturated heterocycles. The van der Waals surface area contributed by atoms with Gasteiger partial charge in [-0.15, -0.1) is 0 Å². The summed E-state index contributed by atoms with van der Waals surface area (Å²) in [5.41, 5.74) is 6.81. The summed E-state index contributed by atoms with van der Waals surface area (Å²) in [7, 11) is 3.75. The molecule has 4 aromatic rings. The summed E-state index contributed by atoms with van der Waals surface area (Å²) in [5.74, 6) is -1.90. The molecule has 1 fully saturated rings. The van der Waals surface area contributed by atoms with E-state index in [4.69, 9.17) is 4.98 Å². The molecule has 8 nitrogen and oxygen atoms in total. The normalized spacial score (nSPS) is 15.3. The van der Waals surface area contributed by atoms with Crippen molar-refractivity contribution >= 4 is 34.5 Å². The Morgan fingerprint density at radius 1 is 1.17 bits per heavy atom. The molecule has 3 heterocycles. The number of amides is 1. The van der Waals surface area contributed by atoms with Crippen molar-refractivity contribution in [3.8, 4) is 11.3 Å². The van der Waals surface area contributed by atoms with Crippen molar-refractivity contribution in [2.45, 2.75) is 26.7 Å². The van der Waals surface area contributed by atoms with Crippen LogP contribution in [0.4, 0.5) is 15.8 Å². The van der Waals surface area contributed by atoms with Crippen molar-refractivity contribution in [1.82, 2.24) is 14.7 Å². The lowest BCUT2D eigenvalue weighted by molar-refractivity contribution is -0.140. The van der Waals surface area contributed by atoms with Crippen LogP contribution in [0, 0.1) is 11.7 Å². The smallest absolute Gasteiger partial charge is 0.308 e. The Labute approximate surface area is 245 Å². The van der Waals surface area contributed by atoms with Crippen LogP contribution >= 0.6 is 0 Å². The SMILES string of the molecule is C/C=C(/C)c1ccccc1CCNC(=O)c1cc(N(C)C)c2nc(-c3ccc(N4CC[C@H](C(=O)O)C4)cc3F)cn2c1. The van der Waals surface area contributed by atoms with E-state index in [1.165, 1.54) is 22.8 Å². The van der Waals surface area contributed by atoms with Gasteiger partial charge in [-0.3, -0.25) is 9.59 Å². The number of carbonyl (C=O) groups is 2. The fourth-order valence-electron chi connectivity index (χ4n) is 5.46. The number of fused-ring (bicyclic) bond motifs is 1. The molecular formula is C33H36FN5O3. The number of aliphatic carboxylic acids is 1. The first-order valence-corrected chi connectivity index (χ1v) is 14.1. The zero-order chi connectivity index (χ0) is 30.0. The van der Waals surface area contributed by atoms with Gasteiger partial charge in [-0.05, 0) is 67.7 Å². The molecule has 218 valence electrons. The minimum absolute atomic E-state index is 0.198. The maximum atomic E-state index is 15.4. The van der Waals surface area contributed by atoms with Crippen molar-refractivity contribution in [2.24, 2.45) is 5.92 Å². The Hall–Kier alpha value is -4.66. The first kappa shape index (κ1) is 28.9. The maximum Gasteiger partial charge on any atom is 0.308 e. The number of hydrogen-bond donors (Lipinski definition) is 2. The number of aromatic nitrogens is 2. The molecular weight excluding hydrogens is 533 g/mol. The molecule has 1 aliphatic rings. The number of hydrogen-bond acceptors (Lipinski definition) is 5. The van der Waals surface area contributed by atoms with E-state index in [9.17, 15) is 14.7 Å². The summed E-state index contributed by atoms with van der Waals surface area (Å²) in [6.45, 7) is 5.52. The van der Waals surface area contributed by atoms with Crippen molar-refractivity contribution in [3.05, 3.63) is 89.5 Å². The van der Waals surface area contributed by atoms with Gasteiger partial charge in [-0.2, -0.15) is 0 Å². The quantitative estimate of drug-likeness (QED) is 0.276. The highest BCUT2D eigenvalue weighted by atomic mass is 19.1. The first-order valence-electron chi connectivity index (χ1n) is 14.1. The van der Waals surface area contributed by atoms with Gasteiger partial charge in [0.05, 0.1) is 22.9 Å². The molecule has 1 amide bonds. The van der Waals surface area contributed by atoms with Crippen molar-refractivity contribution < 1.29 is 19.1 Å². The average molecular weight is 570 g/mol. The summed E-state index contributed by atoms with van der Waals surface area (Å²) in [6.07, 6.45) is 6.77. The first-order chi connectivity index (χ1) is 20.2. The average Bonchev–Trinajstić information content (AvgIpc) is 3.64. The van der Waals surface area contributed by atoms with Crippen LogP contribution in [-0.4, -0.2) is 60.1 Å². The van der Waals surface area contributed by atoms with Gasteiger partial charge in [0.2, 0.25) is 0 Å². The predicted molar refractivity (Wildman–Crippen MR) is 165 cm³/mol. The summed E-state index contributed by atoms with van der Waals surface area (Å²) >= 11 is 0. The molecule has 9 heteroatoms. The molecule has 1 aliphatic heterocycles. The number of carboxylic acids is 1. The summed E-state index contributed by atoms with van der Waals surface area (Å²) < 4.78 is 17.1. The van der Waals surface area contributed by atoms with Crippen molar-refractivity contribution in [2.75, 3.05) is 43.5 Å². The molecule has 2 aromatic carbocycles. The van der Waals surface area contributed by atoms with Gasteiger partial charge in [0, 0.05) is 57.4 Å². The lowest BCUT2D eigenvalue weighted by Gasteiger charge is -2.18. The third-order valence-corrected chi connectivity index (χ3v) is 7.96. The van der Waals surface area contributed by atoms with Crippen LogP contribution in [0.3, 0.4) is 0 Å². The third kappa shape index (κ3) is 5.86. The van der Waals surface area contributed by atoms with Crippen LogP contribution in [0.25, 0.3) is 22.5 Å². The molecule has 5 rings (SSSR count). The molecule has 0 unspecified atom stereocenters. The minimum atomic E-state index is -0.825. The molecule has 0 bridgehead atoms. The second kappa shape index (κ2) is 12.1. The fraction of sp³-hybridized carbons (Fsp3) is 0.303. The summed E-state index contributed by atoms with van der Waals surface area (Å²) in [4.78, 5) is 33.0. The van der Waals surface area contributed by atoms with Crippen molar-refractivity contribution in [3.63, 3.8) is 0 Å². The highest BCUT2D eigenvalue weighted by Crippen LogP contribution is 2.31. The second-order valence-corrected chi connectivity index (χ2v) is 10.9. The van der Waals surface area contributed by atoms with Crippen molar-refractivity contribution in [1.29, 1.82) is 0 Å². The van der Waals surface area contributed by atoms with E-state index in [-0.39, 0.29) is 5.91 Å². The lowest BCUT2D eigenvalue weighted by Crippen LogP contribution is -2.26. The number of anilines is 2. The largest absolute Gasteiger partial charge is 0.481 e. The number of carbonyl (C=O) groups excluding carboxylic acids is 1. The van der Waals surface area contributed by atoms with E-state index in [0.717, 1.165) is 5.69 Å². The Bertz CT molecular complexity index is 1680. The van der Waals surface area contributed by atoms with E-state index >= 15 is 4.39 Å². The topological polar surface area (TPSA) is 90.2 Å². The highest BCUT2D eigenvalue weighted by molar-refractivity contribution is 5.96. The third-order valence-electron chi connectivity index (χ3n) is 7.96. The Morgan fingerprint density at radius 2 is 1.95 bits per heavy atom. The van der Waals surface area contributed by atoms with Crippen LogP contribution in [-0.2, 0) is 11.2 Å². The number of nitrogens with one attached hydrogen (secondary N) is 1. The lowest BCUT2D eigenvalue weighted by atomic mass is 9.98. The monoisotopic (exact) mass is 569 g/mol. The van der Waals surface area contributed by atoms with Gasteiger partial charge in [-0.1, -0.05) is 30.3 Å². The number of pyridine rings is 1. The Morgan fingerprint density at radius 3 is 2.64 bits per heavy atom. The van der Waals surface area contributed by atoms with E-state index in [1.54, 1.807) is 35.0 Å². The van der Waals surface area contributed by atoms with E-state index in [1.807, 2.05) is 43.0 Å². The van der Waals surface area contributed by atoms with E-state index in [0.29, 0.717) is 60.6 Å². The molecule has 0 aliphatic carbocycles. The van der Waals surface area contributed by atoms with Gasteiger partial charge in [0.25, 0.3) is 5.91 Å². The molecule has 42 heavy (non-hydrogen) atoms. The zero-order valence-corrected chi connectivity index (χ0v) is 24.4. The van der Waals surface area contributed by atoms with Crippen LogP contribution in [0.5, 0.6) is 0 Å². The van der Waals surface area contributed by atoms with Crippen LogP contribution < -0.4 is 15.1 Å². The van der Waals surface area contributed by atoms with Gasteiger partial charge >= 0.3 is 5.97 Å². The Kier molecular flexibility index (Phi) is 8.29. The number of rotatable bonds is 9. The number of halogens is 1. The number of imidazole rings is 1. The zero-order valence-electron chi connectivity index (χ0n) is 24.4.